The molecule has 1 aliphatic rings. The van der Waals surface area contributed by atoms with Crippen LogP contribution in [-0.4, -0.2) is 17.5 Å². The predicted molar refractivity (Wildman–Crippen MR) is 93.9 cm³/mol. The zero-order chi connectivity index (χ0) is 16.8. The molecule has 0 N–H and O–H groups in total. The molecule has 1 fully saturated rings. The normalized spacial score (nSPS) is 23.8. The zero-order valence-corrected chi connectivity index (χ0v) is 14.6. The molecule has 2 atom stereocenters. The molecule has 0 aromatic heterocycles. The standard InChI is InChI=1S/C20H30O2/c1-7-16(4)9-8-10-17(5)11-12-19-20(6,22-19)14-18(21)13-15(2)3/h7,10,13,19H,1,4,8-9,11-12,14H2,2-3,5-6H3/b17-10+/t19-,20-/m0/s1. The molecular formula is C20H30O2. The smallest absolute Gasteiger partial charge is 0.158 e. The molecule has 0 saturated carbocycles. The van der Waals surface area contributed by atoms with Crippen LogP contribution in [0.15, 0.2) is 48.1 Å². The summed E-state index contributed by atoms with van der Waals surface area (Å²) in [6, 6.07) is 0. The SMILES string of the molecule is C=CC(=C)CC/C=C(\C)CC[C@@H]1O[C@@]1(C)CC(=O)C=C(C)C. The minimum absolute atomic E-state index is 0.167. The summed E-state index contributed by atoms with van der Waals surface area (Å²) < 4.78 is 5.76. The van der Waals surface area contributed by atoms with Gasteiger partial charge in [0, 0.05) is 6.42 Å². The van der Waals surface area contributed by atoms with Gasteiger partial charge in [-0.05, 0) is 59.5 Å². The van der Waals surface area contributed by atoms with E-state index in [2.05, 4.69) is 26.2 Å². The summed E-state index contributed by atoms with van der Waals surface area (Å²) in [5.74, 6) is 0.167. The number of hydrogen-bond donors (Lipinski definition) is 0. The van der Waals surface area contributed by atoms with Crippen LogP contribution in [0.5, 0.6) is 0 Å². The second kappa shape index (κ2) is 8.28. The van der Waals surface area contributed by atoms with Gasteiger partial charge in [-0.15, -0.1) is 0 Å². The summed E-state index contributed by atoms with van der Waals surface area (Å²) >= 11 is 0. The summed E-state index contributed by atoms with van der Waals surface area (Å²) in [6.45, 7) is 15.7. The van der Waals surface area contributed by atoms with E-state index in [1.165, 1.54) is 5.57 Å². The maximum absolute atomic E-state index is 11.8. The number of carbonyl (C=O) groups excluding carboxylic acids is 1. The lowest BCUT2D eigenvalue weighted by Gasteiger charge is -2.04. The fraction of sp³-hybridized carbons (Fsp3) is 0.550. The van der Waals surface area contributed by atoms with E-state index >= 15 is 0 Å². The first-order valence-electron chi connectivity index (χ1n) is 8.08. The molecule has 0 amide bonds. The Morgan fingerprint density at radius 2 is 1.95 bits per heavy atom. The summed E-state index contributed by atoms with van der Waals surface area (Å²) in [5, 5.41) is 0. The lowest BCUT2D eigenvalue weighted by atomic mass is 9.95. The number of ether oxygens (including phenoxy) is 1. The van der Waals surface area contributed by atoms with Crippen molar-refractivity contribution in [2.24, 2.45) is 0 Å². The Morgan fingerprint density at radius 3 is 2.55 bits per heavy atom. The van der Waals surface area contributed by atoms with Crippen LogP contribution in [0.4, 0.5) is 0 Å². The molecule has 0 spiro atoms. The van der Waals surface area contributed by atoms with Crippen LogP contribution in [0.3, 0.4) is 0 Å². The molecule has 0 aromatic rings. The highest BCUT2D eigenvalue weighted by Crippen LogP contribution is 2.42. The Hall–Kier alpha value is -1.41. The highest BCUT2D eigenvalue weighted by molar-refractivity contribution is 5.91. The number of ketones is 1. The van der Waals surface area contributed by atoms with Gasteiger partial charge in [-0.25, -0.2) is 0 Å². The van der Waals surface area contributed by atoms with Gasteiger partial charge in [0.05, 0.1) is 11.7 Å². The molecule has 1 heterocycles. The molecule has 2 nitrogen and oxygen atoms in total. The molecule has 0 unspecified atom stereocenters. The summed E-state index contributed by atoms with van der Waals surface area (Å²) in [4.78, 5) is 11.8. The highest BCUT2D eigenvalue weighted by atomic mass is 16.6. The van der Waals surface area contributed by atoms with Crippen LogP contribution in [0, 0.1) is 0 Å². The van der Waals surface area contributed by atoms with E-state index < -0.39 is 0 Å². The van der Waals surface area contributed by atoms with Crippen molar-refractivity contribution in [2.45, 2.75) is 71.5 Å². The largest absolute Gasteiger partial charge is 0.366 e. The van der Waals surface area contributed by atoms with Crippen molar-refractivity contribution in [2.75, 3.05) is 0 Å². The Labute approximate surface area is 135 Å². The minimum Gasteiger partial charge on any atom is -0.366 e. The van der Waals surface area contributed by atoms with E-state index in [-0.39, 0.29) is 17.5 Å². The Kier molecular flexibility index (Phi) is 7.02. The summed E-state index contributed by atoms with van der Waals surface area (Å²) in [7, 11) is 0. The molecule has 2 heteroatoms. The van der Waals surface area contributed by atoms with Crippen LogP contribution < -0.4 is 0 Å². The number of epoxide rings is 1. The van der Waals surface area contributed by atoms with E-state index in [4.69, 9.17) is 4.74 Å². The van der Waals surface area contributed by atoms with Gasteiger partial charge in [-0.1, -0.05) is 42.0 Å². The van der Waals surface area contributed by atoms with E-state index in [0.717, 1.165) is 36.8 Å². The van der Waals surface area contributed by atoms with E-state index in [1.807, 2.05) is 26.8 Å². The number of carbonyl (C=O) groups is 1. The Bertz CT molecular complexity index is 492. The first-order chi connectivity index (χ1) is 10.3. The van der Waals surface area contributed by atoms with Crippen LogP contribution >= 0.6 is 0 Å². The van der Waals surface area contributed by atoms with E-state index in [0.29, 0.717) is 6.42 Å². The van der Waals surface area contributed by atoms with E-state index in [1.54, 1.807) is 6.08 Å². The van der Waals surface area contributed by atoms with Gasteiger partial charge in [0.2, 0.25) is 0 Å². The third kappa shape index (κ3) is 6.57. The molecule has 0 aliphatic carbocycles. The van der Waals surface area contributed by atoms with Crippen LogP contribution in [0.25, 0.3) is 0 Å². The zero-order valence-electron chi connectivity index (χ0n) is 14.6. The number of rotatable bonds is 10. The average Bonchev–Trinajstić information content (AvgIpc) is 3.04. The quantitative estimate of drug-likeness (QED) is 0.237. The van der Waals surface area contributed by atoms with Crippen molar-refractivity contribution in [3.63, 3.8) is 0 Å². The number of hydrogen-bond acceptors (Lipinski definition) is 2. The molecule has 0 radical (unpaired) electrons. The van der Waals surface area contributed by atoms with Gasteiger partial charge < -0.3 is 4.74 Å². The van der Waals surface area contributed by atoms with Gasteiger partial charge in [-0.2, -0.15) is 0 Å². The van der Waals surface area contributed by atoms with Crippen molar-refractivity contribution in [1.82, 2.24) is 0 Å². The molecule has 1 rings (SSSR count). The fourth-order valence-corrected chi connectivity index (χ4v) is 2.60. The van der Waals surface area contributed by atoms with Crippen LogP contribution in [0.2, 0.25) is 0 Å². The predicted octanol–water partition coefficient (Wildman–Crippen LogP) is 5.32. The van der Waals surface area contributed by atoms with E-state index in [9.17, 15) is 4.79 Å². The van der Waals surface area contributed by atoms with Crippen molar-refractivity contribution in [1.29, 1.82) is 0 Å². The Morgan fingerprint density at radius 1 is 1.27 bits per heavy atom. The topological polar surface area (TPSA) is 29.6 Å². The molecule has 1 saturated heterocycles. The third-order valence-corrected chi connectivity index (χ3v) is 4.06. The molecule has 0 bridgehead atoms. The molecule has 1 aliphatic heterocycles. The lowest BCUT2D eigenvalue weighted by Crippen LogP contribution is -2.15. The highest BCUT2D eigenvalue weighted by Gasteiger charge is 2.52. The van der Waals surface area contributed by atoms with Crippen molar-refractivity contribution in [3.8, 4) is 0 Å². The summed E-state index contributed by atoms with van der Waals surface area (Å²) in [6.07, 6.45) is 10.5. The molecule has 0 aromatic carbocycles. The number of allylic oxidation sites excluding steroid dienone is 6. The maximum Gasteiger partial charge on any atom is 0.158 e. The Balaban J connectivity index is 2.30. The van der Waals surface area contributed by atoms with Gasteiger partial charge in [0.15, 0.2) is 5.78 Å². The van der Waals surface area contributed by atoms with Gasteiger partial charge >= 0.3 is 0 Å². The van der Waals surface area contributed by atoms with Crippen LogP contribution in [-0.2, 0) is 9.53 Å². The minimum atomic E-state index is -0.250. The van der Waals surface area contributed by atoms with Crippen molar-refractivity contribution >= 4 is 5.78 Å². The average molecular weight is 302 g/mol. The fourth-order valence-electron chi connectivity index (χ4n) is 2.60. The third-order valence-electron chi connectivity index (χ3n) is 4.06. The van der Waals surface area contributed by atoms with Gasteiger partial charge in [0.25, 0.3) is 0 Å². The maximum atomic E-state index is 11.8. The second-order valence-electron chi connectivity index (χ2n) is 6.77. The van der Waals surface area contributed by atoms with Gasteiger partial charge in [0.1, 0.15) is 0 Å². The van der Waals surface area contributed by atoms with Crippen molar-refractivity contribution < 1.29 is 9.53 Å². The van der Waals surface area contributed by atoms with Crippen LogP contribution in [0.1, 0.15) is 59.8 Å². The van der Waals surface area contributed by atoms with Crippen molar-refractivity contribution in [3.05, 3.63) is 48.1 Å². The molecular weight excluding hydrogens is 272 g/mol. The molecule has 122 valence electrons. The lowest BCUT2D eigenvalue weighted by molar-refractivity contribution is -0.115. The molecule has 22 heavy (non-hydrogen) atoms. The first-order valence-corrected chi connectivity index (χ1v) is 8.08. The second-order valence-corrected chi connectivity index (χ2v) is 6.77. The first kappa shape index (κ1) is 18.6. The summed E-state index contributed by atoms with van der Waals surface area (Å²) in [5.41, 5.74) is 3.26. The van der Waals surface area contributed by atoms with Gasteiger partial charge in [-0.3, -0.25) is 4.79 Å². The monoisotopic (exact) mass is 302 g/mol.